The second-order valence-electron chi connectivity index (χ2n) is 9.65. The molecule has 0 aliphatic heterocycles. The van der Waals surface area contributed by atoms with Gasteiger partial charge in [-0.15, -0.1) is 11.3 Å². The maximum Gasteiger partial charge on any atom is 0.441 e. The number of esters is 1. The van der Waals surface area contributed by atoms with Gasteiger partial charge in [-0.1, -0.05) is 32.9 Å². The van der Waals surface area contributed by atoms with E-state index < -0.39 is 41.7 Å². The Morgan fingerprint density at radius 1 is 1.22 bits per heavy atom. The molecule has 1 aliphatic rings. The van der Waals surface area contributed by atoms with E-state index >= 15 is 0 Å². The first-order valence-corrected chi connectivity index (χ1v) is 12.2. The normalized spacial score (nSPS) is 17.4. The number of hydrogen-bond acceptors (Lipinski definition) is 6. The van der Waals surface area contributed by atoms with E-state index in [0.29, 0.717) is 18.4 Å². The molecular formula is C25H27F4N3O3S. The quantitative estimate of drug-likeness (QED) is 0.292. The number of fused-ring (bicyclic) bond motifs is 1. The zero-order valence-corrected chi connectivity index (χ0v) is 21.1. The van der Waals surface area contributed by atoms with Crippen LogP contribution in [0.5, 0.6) is 0 Å². The topological polar surface area (TPSA) is 91.2 Å². The van der Waals surface area contributed by atoms with Crippen molar-refractivity contribution in [2.45, 2.75) is 58.8 Å². The van der Waals surface area contributed by atoms with Crippen LogP contribution in [0.4, 0.5) is 22.6 Å². The fraction of sp³-hybridized carbons (Fsp3) is 0.480. The first kappa shape index (κ1) is 27.5. The monoisotopic (exact) mass is 525 g/mol. The maximum atomic E-state index is 14.6. The van der Waals surface area contributed by atoms with Crippen molar-refractivity contribution in [2.75, 3.05) is 11.9 Å². The van der Waals surface area contributed by atoms with Crippen LogP contribution < -0.4 is 10.6 Å². The van der Waals surface area contributed by atoms with Gasteiger partial charge in [0.2, 0.25) is 0 Å². The van der Waals surface area contributed by atoms with E-state index in [9.17, 15) is 32.4 Å². The lowest BCUT2D eigenvalue weighted by atomic mass is 9.72. The van der Waals surface area contributed by atoms with Crippen molar-refractivity contribution in [3.05, 3.63) is 51.7 Å². The molecule has 0 spiro atoms. The SMILES string of the molecule is CCOC(=O)[C@](NC(=O)c1ccccc1F)(Nc1sc2c(c1C#N)CC[C@H](C(C)(C)C)C2)C(F)(F)F. The highest BCUT2D eigenvalue weighted by Crippen LogP contribution is 2.45. The van der Waals surface area contributed by atoms with Gasteiger partial charge < -0.3 is 15.4 Å². The number of benzene rings is 1. The Kier molecular flexibility index (Phi) is 7.69. The molecule has 3 rings (SSSR count). The van der Waals surface area contributed by atoms with Gasteiger partial charge in [-0.2, -0.15) is 18.4 Å². The van der Waals surface area contributed by atoms with Gasteiger partial charge in [0.25, 0.3) is 5.91 Å². The molecule has 1 aromatic heterocycles. The fourth-order valence-corrected chi connectivity index (χ4v) is 5.55. The fourth-order valence-electron chi connectivity index (χ4n) is 4.21. The minimum atomic E-state index is -5.41. The van der Waals surface area contributed by atoms with Crippen LogP contribution in [0.1, 0.15) is 60.5 Å². The predicted octanol–water partition coefficient (Wildman–Crippen LogP) is 5.57. The van der Waals surface area contributed by atoms with Crippen molar-refractivity contribution in [3.8, 4) is 6.07 Å². The Hall–Kier alpha value is -3.13. The van der Waals surface area contributed by atoms with Crippen LogP contribution in [-0.4, -0.2) is 30.3 Å². The number of nitriles is 1. The maximum absolute atomic E-state index is 14.6. The molecule has 2 N–H and O–H groups in total. The minimum Gasteiger partial charge on any atom is -0.463 e. The van der Waals surface area contributed by atoms with Crippen LogP contribution in [0, 0.1) is 28.5 Å². The summed E-state index contributed by atoms with van der Waals surface area (Å²) < 4.78 is 62.7. The number of anilines is 1. The van der Waals surface area contributed by atoms with Crippen LogP contribution in [0.2, 0.25) is 0 Å². The number of hydrogen-bond donors (Lipinski definition) is 2. The molecule has 36 heavy (non-hydrogen) atoms. The first-order valence-electron chi connectivity index (χ1n) is 11.4. The van der Waals surface area contributed by atoms with Crippen LogP contribution in [-0.2, 0) is 22.4 Å². The number of halogens is 4. The average Bonchev–Trinajstić information content (AvgIpc) is 3.13. The van der Waals surface area contributed by atoms with E-state index in [1.54, 1.807) is 5.32 Å². The summed E-state index contributed by atoms with van der Waals surface area (Å²) in [6, 6.07) is 6.40. The molecular weight excluding hydrogens is 498 g/mol. The summed E-state index contributed by atoms with van der Waals surface area (Å²) in [5.41, 5.74) is -3.87. The van der Waals surface area contributed by atoms with Crippen molar-refractivity contribution in [1.82, 2.24) is 5.32 Å². The average molecular weight is 526 g/mol. The molecule has 1 aromatic carbocycles. The lowest BCUT2D eigenvalue weighted by Gasteiger charge is -2.35. The van der Waals surface area contributed by atoms with Crippen molar-refractivity contribution < 1.29 is 31.9 Å². The predicted molar refractivity (Wildman–Crippen MR) is 127 cm³/mol. The molecule has 0 saturated carbocycles. The van der Waals surface area contributed by atoms with Crippen molar-refractivity contribution in [3.63, 3.8) is 0 Å². The molecule has 11 heteroatoms. The van der Waals surface area contributed by atoms with Crippen LogP contribution >= 0.6 is 11.3 Å². The highest BCUT2D eigenvalue weighted by Gasteiger charge is 2.64. The van der Waals surface area contributed by atoms with Crippen LogP contribution in [0.25, 0.3) is 0 Å². The molecule has 1 amide bonds. The molecule has 1 heterocycles. The van der Waals surface area contributed by atoms with Gasteiger partial charge in [-0.25, -0.2) is 9.18 Å². The Balaban J connectivity index is 2.11. The molecule has 2 atom stereocenters. The van der Waals surface area contributed by atoms with Gasteiger partial charge in [-0.3, -0.25) is 4.79 Å². The highest BCUT2D eigenvalue weighted by molar-refractivity contribution is 7.16. The summed E-state index contributed by atoms with van der Waals surface area (Å²) in [5, 5.41) is 13.3. The number of nitrogens with zero attached hydrogens (tertiary/aromatic N) is 1. The number of ether oxygens (including phenoxy) is 1. The Morgan fingerprint density at radius 2 is 1.89 bits per heavy atom. The Bertz CT molecular complexity index is 1200. The van der Waals surface area contributed by atoms with Gasteiger partial charge in [-0.05, 0) is 55.2 Å². The zero-order chi connectivity index (χ0) is 26.9. The largest absolute Gasteiger partial charge is 0.463 e. The molecule has 194 valence electrons. The van der Waals surface area contributed by atoms with E-state index in [-0.39, 0.29) is 21.9 Å². The van der Waals surface area contributed by atoms with Gasteiger partial charge in [0.1, 0.15) is 16.9 Å². The third-order valence-corrected chi connectivity index (χ3v) is 7.50. The lowest BCUT2D eigenvalue weighted by molar-refractivity contribution is -0.204. The van der Waals surface area contributed by atoms with Gasteiger partial charge in [0, 0.05) is 4.88 Å². The van der Waals surface area contributed by atoms with E-state index in [1.165, 1.54) is 19.1 Å². The van der Waals surface area contributed by atoms with Crippen molar-refractivity contribution in [2.24, 2.45) is 11.3 Å². The summed E-state index contributed by atoms with van der Waals surface area (Å²) in [5.74, 6) is -4.11. The summed E-state index contributed by atoms with van der Waals surface area (Å²) in [4.78, 5) is 26.3. The molecule has 6 nitrogen and oxygen atoms in total. The van der Waals surface area contributed by atoms with E-state index in [0.717, 1.165) is 34.8 Å². The number of rotatable bonds is 6. The summed E-state index contributed by atoms with van der Waals surface area (Å²) in [6.07, 6.45) is -3.59. The number of carbonyl (C=O) groups is 2. The number of amides is 1. The standard InChI is InChI=1S/C25H27F4N3O3S/c1-5-35-22(34)24(25(27,28)29,31-20(33)16-8-6-7-9-18(16)26)32-21-17(13-30)15-11-10-14(23(2,3)4)12-19(15)36-21/h6-9,14,32H,5,10-12H2,1-4H3,(H,31,33)/t14-,24-/m0/s1. The van der Waals surface area contributed by atoms with Gasteiger partial charge >= 0.3 is 17.8 Å². The Morgan fingerprint density at radius 3 is 2.44 bits per heavy atom. The molecule has 0 saturated heterocycles. The molecule has 0 fully saturated rings. The molecule has 2 aromatic rings. The summed E-state index contributed by atoms with van der Waals surface area (Å²) in [6.45, 7) is 7.14. The lowest BCUT2D eigenvalue weighted by Crippen LogP contribution is -2.69. The molecule has 0 radical (unpaired) electrons. The number of alkyl halides is 3. The van der Waals surface area contributed by atoms with Crippen LogP contribution in [0.3, 0.4) is 0 Å². The highest BCUT2D eigenvalue weighted by atomic mass is 32.1. The van der Waals surface area contributed by atoms with Crippen LogP contribution in [0.15, 0.2) is 24.3 Å². The molecule has 0 bridgehead atoms. The molecule has 1 aliphatic carbocycles. The van der Waals surface area contributed by atoms with Crippen molar-refractivity contribution >= 4 is 28.2 Å². The van der Waals surface area contributed by atoms with Crippen molar-refractivity contribution in [1.29, 1.82) is 5.26 Å². The first-order chi connectivity index (χ1) is 16.7. The third-order valence-electron chi connectivity index (χ3n) is 6.33. The van der Waals surface area contributed by atoms with E-state index in [4.69, 9.17) is 4.74 Å². The van der Waals surface area contributed by atoms with Gasteiger partial charge in [0.15, 0.2) is 0 Å². The summed E-state index contributed by atoms with van der Waals surface area (Å²) >= 11 is 0.944. The van der Waals surface area contributed by atoms with E-state index in [2.05, 4.69) is 26.1 Å². The minimum absolute atomic E-state index is 0.0135. The van der Waals surface area contributed by atoms with Gasteiger partial charge in [0.05, 0.1) is 17.7 Å². The number of nitrogens with one attached hydrogen (secondary N) is 2. The molecule has 0 unspecified atom stereocenters. The second kappa shape index (κ2) is 10.1. The number of carbonyl (C=O) groups excluding carboxylic acids is 2. The zero-order valence-electron chi connectivity index (χ0n) is 20.3. The third kappa shape index (κ3) is 5.19. The second-order valence-corrected chi connectivity index (χ2v) is 10.8. The van der Waals surface area contributed by atoms with E-state index in [1.807, 2.05) is 6.07 Å². The Labute approximate surface area is 210 Å². The summed E-state index contributed by atoms with van der Waals surface area (Å²) in [7, 11) is 0. The number of thiophene rings is 1. The smallest absolute Gasteiger partial charge is 0.441 e.